The molecule has 2 aromatic heterocycles. The molecule has 0 aliphatic carbocycles. The van der Waals surface area contributed by atoms with E-state index in [9.17, 15) is 13.2 Å². The Morgan fingerprint density at radius 3 is 2.79 bits per heavy atom. The summed E-state index contributed by atoms with van der Waals surface area (Å²) in [6.07, 6.45) is -2.34. The van der Waals surface area contributed by atoms with Gasteiger partial charge < -0.3 is 4.90 Å². The van der Waals surface area contributed by atoms with Gasteiger partial charge in [0.15, 0.2) is 0 Å². The lowest BCUT2D eigenvalue weighted by Gasteiger charge is -2.20. The van der Waals surface area contributed by atoms with Crippen molar-refractivity contribution in [3.05, 3.63) is 28.9 Å². The van der Waals surface area contributed by atoms with Crippen LogP contribution in [0.15, 0.2) is 28.9 Å². The van der Waals surface area contributed by atoms with Crippen LogP contribution in [-0.4, -0.2) is 28.9 Å². The summed E-state index contributed by atoms with van der Waals surface area (Å²) in [5.41, 5.74) is 0.861. The van der Waals surface area contributed by atoms with Gasteiger partial charge in [-0.15, -0.1) is 0 Å². The van der Waals surface area contributed by atoms with Crippen LogP contribution in [0.2, 0.25) is 0 Å². The maximum Gasteiger partial charge on any atom is 0.393 e. The van der Waals surface area contributed by atoms with E-state index in [0.717, 1.165) is 9.99 Å². The van der Waals surface area contributed by atoms with E-state index < -0.39 is 12.1 Å². The van der Waals surface area contributed by atoms with Crippen LogP contribution in [0.25, 0.3) is 5.52 Å². The summed E-state index contributed by atoms with van der Waals surface area (Å²) >= 11 is 3.38. The molecular formula is C12H11BrF3N3. The van der Waals surface area contributed by atoms with E-state index in [1.54, 1.807) is 21.7 Å². The minimum Gasteiger partial charge on any atom is -0.356 e. The minimum absolute atomic E-state index is 0.00505. The van der Waals surface area contributed by atoms with Crippen molar-refractivity contribution in [2.45, 2.75) is 12.6 Å². The average molecular weight is 334 g/mol. The number of hydrogen-bond acceptors (Lipinski definition) is 2. The van der Waals surface area contributed by atoms with Crippen molar-refractivity contribution in [3.8, 4) is 0 Å². The molecule has 1 fully saturated rings. The quantitative estimate of drug-likeness (QED) is 0.796. The number of fused-ring (bicyclic) bond motifs is 1. The second kappa shape index (κ2) is 4.40. The molecule has 3 heterocycles. The van der Waals surface area contributed by atoms with Crippen molar-refractivity contribution in [3.63, 3.8) is 0 Å². The largest absolute Gasteiger partial charge is 0.393 e. The van der Waals surface area contributed by atoms with Gasteiger partial charge >= 0.3 is 6.18 Å². The fraction of sp³-hybridized carbons (Fsp3) is 0.417. The lowest BCUT2D eigenvalue weighted by Crippen LogP contribution is -2.28. The van der Waals surface area contributed by atoms with Crippen molar-refractivity contribution >= 4 is 27.3 Å². The van der Waals surface area contributed by atoms with E-state index in [4.69, 9.17) is 0 Å². The van der Waals surface area contributed by atoms with Gasteiger partial charge in [-0.2, -0.15) is 18.3 Å². The number of aromatic nitrogens is 2. The standard InChI is InChI=1S/C12H11BrF3N3/c13-9-5-10-1-3-17-19(10)11(6-9)18-4-2-8(7-18)12(14,15)16/h1,3,5-6,8H,2,4,7H2. The third-order valence-electron chi connectivity index (χ3n) is 3.42. The van der Waals surface area contributed by atoms with Crippen molar-refractivity contribution in [1.29, 1.82) is 0 Å². The number of hydrogen-bond donors (Lipinski definition) is 0. The highest BCUT2D eigenvalue weighted by molar-refractivity contribution is 9.10. The average Bonchev–Trinajstić information content (AvgIpc) is 2.94. The molecule has 0 saturated carbocycles. The fourth-order valence-electron chi connectivity index (χ4n) is 2.44. The third-order valence-corrected chi connectivity index (χ3v) is 3.87. The summed E-state index contributed by atoms with van der Waals surface area (Å²) < 4.78 is 40.7. The van der Waals surface area contributed by atoms with Crippen molar-refractivity contribution in [1.82, 2.24) is 9.61 Å². The Bertz CT molecular complexity index is 608. The lowest BCUT2D eigenvalue weighted by atomic mass is 10.1. The maximum atomic E-state index is 12.7. The van der Waals surface area contributed by atoms with Gasteiger partial charge in [0.05, 0.1) is 17.6 Å². The maximum absolute atomic E-state index is 12.7. The van der Waals surface area contributed by atoms with E-state index >= 15 is 0 Å². The lowest BCUT2D eigenvalue weighted by molar-refractivity contribution is -0.168. The van der Waals surface area contributed by atoms with E-state index in [1.807, 2.05) is 12.1 Å². The van der Waals surface area contributed by atoms with Gasteiger partial charge in [0, 0.05) is 17.6 Å². The van der Waals surface area contributed by atoms with Gasteiger partial charge in [-0.25, -0.2) is 4.52 Å². The van der Waals surface area contributed by atoms with E-state index in [-0.39, 0.29) is 13.0 Å². The van der Waals surface area contributed by atoms with Crippen LogP contribution >= 0.6 is 15.9 Å². The molecule has 0 bridgehead atoms. The first-order valence-electron chi connectivity index (χ1n) is 5.90. The summed E-state index contributed by atoms with van der Waals surface area (Å²) in [6.45, 7) is 0.393. The normalized spacial score (nSPS) is 20.4. The molecule has 0 aromatic carbocycles. The number of nitrogens with zero attached hydrogens (tertiary/aromatic N) is 3. The van der Waals surface area contributed by atoms with E-state index in [0.29, 0.717) is 12.4 Å². The van der Waals surface area contributed by atoms with E-state index in [2.05, 4.69) is 21.0 Å². The summed E-state index contributed by atoms with van der Waals surface area (Å²) in [5.74, 6) is -0.557. The molecule has 1 unspecified atom stereocenters. The Hall–Kier alpha value is -1.24. The summed E-state index contributed by atoms with van der Waals surface area (Å²) in [4.78, 5) is 1.74. The Kier molecular flexibility index (Phi) is 2.96. The SMILES string of the molecule is FC(F)(F)C1CCN(c2cc(Br)cc3ccnn23)C1. The van der Waals surface area contributed by atoms with Crippen LogP contribution in [0, 0.1) is 5.92 Å². The zero-order valence-corrected chi connectivity index (χ0v) is 11.4. The zero-order chi connectivity index (χ0) is 13.6. The summed E-state index contributed by atoms with van der Waals surface area (Å²) in [7, 11) is 0. The molecular weight excluding hydrogens is 323 g/mol. The first-order chi connectivity index (χ1) is 8.95. The number of halogens is 4. The van der Waals surface area contributed by atoms with Crippen molar-refractivity contribution in [2.75, 3.05) is 18.0 Å². The summed E-state index contributed by atoms with van der Waals surface area (Å²) in [6, 6.07) is 5.51. The second-order valence-electron chi connectivity index (χ2n) is 4.67. The molecule has 0 amide bonds. The van der Waals surface area contributed by atoms with Crippen LogP contribution in [-0.2, 0) is 0 Å². The molecule has 1 atom stereocenters. The molecule has 3 nitrogen and oxygen atoms in total. The molecule has 1 aliphatic heterocycles. The number of anilines is 1. The number of rotatable bonds is 1. The van der Waals surface area contributed by atoms with Gasteiger partial charge in [-0.05, 0) is 24.6 Å². The predicted octanol–water partition coefficient (Wildman–Crippen LogP) is 3.49. The monoisotopic (exact) mass is 333 g/mol. The van der Waals surface area contributed by atoms with Gasteiger partial charge in [0.2, 0.25) is 0 Å². The topological polar surface area (TPSA) is 20.5 Å². The highest BCUT2D eigenvalue weighted by Gasteiger charge is 2.44. The molecule has 1 aliphatic rings. The molecule has 3 rings (SSSR count). The van der Waals surface area contributed by atoms with Crippen LogP contribution in [0.5, 0.6) is 0 Å². The molecule has 0 N–H and O–H groups in total. The van der Waals surface area contributed by atoms with Gasteiger partial charge in [0.25, 0.3) is 0 Å². The Morgan fingerprint density at radius 2 is 2.11 bits per heavy atom. The Balaban J connectivity index is 1.95. The first kappa shape index (κ1) is 12.8. The van der Waals surface area contributed by atoms with Crippen LogP contribution in [0.1, 0.15) is 6.42 Å². The molecule has 102 valence electrons. The van der Waals surface area contributed by atoms with Crippen molar-refractivity contribution < 1.29 is 13.2 Å². The molecule has 0 spiro atoms. The minimum atomic E-state index is -4.12. The smallest absolute Gasteiger partial charge is 0.356 e. The fourth-order valence-corrected chi connectivity index (χ4v) is 2.88. The first-order valence-corrected chi connectivity index (χ1v) is 6.69. The third kappa shape index (κ3) is 2.31. The van der Waals surface area contributed by atoms with Crippen LogP contribution in [0.3, 0.4) is 0 Å². The van der Waals surface area contributed by atoms with E-state index in [1.165, 1.54) is 0 Å². The molecule has 2 aromatic rings. The Labute approximate surface area is 116 Å². The molecule has 19 heavy (non-hydrogen) atoms. The molecule has 7 heteroatoms. The Morgan fingerprint density at radius 1 is 1.32 bits per heavy atom. The van der Waals surface area contributed by atoms with Gasteiger partial charge in [-0.3, -0.25) is 0 Å². The van der Waals surface area contributed by atoms with Gasteiger partial charge in [-0.1, -0.05) is 15.9 Å². The number of pyridine rings is 1. The van der Waals surface area contributed by atoms with Gasteiger partial charge in [0.1, 0.15) is 5.82 Å². The second-order valence-corrected chi connectivity index (χ2v) is 5.59. The van der Waals surface area contributed by atoms with Crippen molar-refractivity contribution in [2.24, 2.45) is 5.92 Å². The summed E-state index contributed by atoms with van der Waals surface area (Å²) in [5, 5.41) is 4.16. The highest BCUT2D eigenvalue weighted by atomic mass is 79.9. The van der Waals surface area contributed by atoms with Crippen LogP contribution < -0.4 is 4.90 Å². The molecule has 0 radical (unpaired) electrons. The molecule has 1 saturated heterocycles. The highest BCUT2D eigenvalue weighted by Crippen LogP contribution is 2.36. The van der Waals surface area contributed by atoms with Crippen LogP contribution in [0.4, 0.5) is 19.0 Å². The zero-order valence-electron chi connectivity index (χ0n) is 9.86. The predicted molar refractivity (Wildman–Crippen MR) is 69.3 cm³/mol. The number of alkyl halides is 3.